The first-order chi connectivity index (χ1) is 9.57. The van der Waals surface area contributed by atoms with Crippen LogP contribution in [0.1, 0.15) is 19.8 Å². The molecule has 4 nitrogen and oxygen atoms in total. The number of carboxylic acid groups (broad SMARTS) is 1. The van der Waals surface area contributed by atoms with Crippen molar-refractivity contribution in [1.82, 2.24) is 4.90 Å². The predicted molar refractivity (Wildman–Crippen MR) is 73.3 cm³/mol. The van der Waals surface area contributed by atoms with Gasteiger partial charge in [0.25, 0.3) is 0 Å². The molecule has 1 atom stereocenters. The molecule has 0 amide bonds. The summed E-state index contributed by atoms with van der Waals surface area (Å²) in [5, 5.41) is 9.31. The van der Waals surface area contributed by atoms with E-state index in [1.165, 1.54) is 6.07 Å². The second kappa shape index (κ2) is 6.22. The molecule has 1 fully saturated rings. The number of nitrogens with zero attached hydrogens (tertiary/aromatic N) is 1. The third-order valence-electron chi connectivity index (χ3n) is 4.07. The number of aliphatic carboxylic acids is 1. The van der Waals surface area contributed by atoms with Crippen molar-refractivity contribution in [3.05, 3.63) is 30.1 Å². The van der Waals surface area contributed by atoms with Gasteiger partial charge in [-0.2, -0.15) is 0 Å². The number of ether oxygens (including phenoxy) is 1. The average molecular weight is 281 g/mol. The van der Waals surface area contributed by atoms with Crippen LogP contribution in [-0.4, -0.2) is 42.2 Å². The first-order valence-corrected chi connectivity index (χ1v) is 6.90. The standard InChI is InChI=1S/C15H20FNO3/c1-2-15(14(18)19)7-8-17(11-15)9-10-20-13-6-4-3-5-12(13)16/h3-6H,2,7-11H2,1H3,(H,18,19). The second-order valence-electron chi connectivity index (χ2n) is 5.24. The normalized spacial score (nSPS) is 22.9. The van der Waals surface area contributed by atoms with Crippen molar-refractivity contribution >= 4 is 5.97 Å². The van der Waals surface area contributed by atoms with Crippen molar-refractivity contribution < 1.29 is 19.0 Å². The topological polar surface area (TPSA) is 49.8 Å². The zero-order chi connectivity index (χ0) is 14.6. The number of rotatable bonds is 6. The summed E-state index contributed by atoms with van der Waals surface area (Å²) < 4.78 is 18.8. The molecule has 1 N–H and O–H groups in total. The van der Waals surface area contributed by atoms with E-state index >= 15 is 0 Å². The van der Waals surface area contributed by atoms with Gasteiger partial charge in [-0.05, 0) is 31.5 Å². The molecule has 0 aliphatic carbocycles. The lowest BCUT2D eigenvalue weighted by Gasteiger charge is -2.23. The Labute approximate surface area is 118 Å². The van der Waals surface area contributed by atoms with Crippen molar-refractivity contribution in [2.75, 3.05) is 26.2 Å². The van der Waals surface area contributed by atoms with Gasteiger partial charge in [-0.3, -0.25) is 9.69 Å². The smallest absolute Gasteiger partial charge is 0.310 e. The van der Waals surface area contributed by atoms with Gasteiger partial charge in [0.05, 0.1) is 5.41 Å². The molecule has 1 heterocycles. The summed E-state index contributed by atoms with van der Waals surface area (Å²) in [4.78, 5) is 13.4. The highest BCUT2D eigenvalue weighted by atomic mass is 19.1. The third-order valence-corrected chi connectivity index (χ3v) is 4.07. The highest BCUT2D eigenvalue weighted by molar-refractivity contribution is 5.75. The lowest BCUT2D eigenvalue weighted by atomic mass is 9.84. The number of carboxylic acids is 1. The average Bonchev–Trinajstić information content (AvgIpc) is 2.86. The minimum Gasteiger partial charge on any atom is -0.489 e. The minimum atomic E-state index is -0.725. The van der Waals surface area contributed by atoms with Gasteiger partial charge >= 0.3 is 5.97 Å². The van der Waals surface area contributed by atoms with Gasteiger partial charge in [0.2, 0.25) is 0 Å². The summed E-state index contributed by atoms with van der Waals surface area (Å²) in [6.07, 6.45) is 1.30. The lowest BCUT2D eigenvalue weighted by molar-refractivity contribution is -0.148. The Morgan fingerprint density at radius 3 is 2.85 bits per heavy atom. The Balaban J connectivity index is 1.82. The molecule has 1 saturated heterocycles. The van der Waals surface area contributed by atoms with Gasteiger partial charge in [0, 0.05) is 13.1 Å². The van der Waals surface area contributed by atoms with Crippen molar-refractivity contribution in [3.8, 4) is 5.75 Å². The largest absolute Gasteiger partial charge is 0.489 e. The molecule has 20 heavy (non-hydrogen) atoms. The van der Waals surface area contributed by atoms with E-state index in [1.807, 2.05) is 6.92 Å². The fourth-order valence-corrected chi connectivity index (χ4v) is 2.61. The maximum Gasteiger partial charge on any atom is 0.310 e. The number of benzene rings is 1. The molecular weight excluding hydrogens is 261 g/mol. The molecule has 2 rings (SSSR count). The molecule has 1 aromatic rings. The number of hydrogen-bond acceptors (Lipinski definition) is 3. The summed E-state index contributed by atoms with van der Waals surface area (Å²) in [5.41, 5.74) is -0.627. The quantitative estimate of drug-likeness (QED) is 0.870. The number of halogens is 1. The van der Waals surface area contributed by atoms with Crippen LogP contribution in [0.15, 0.2) is 24.3 Å². The van der Waals surface area contributed by atoms with E-state index < -0.39 is 11.4 Å². The third kappa shape index (κ3) is 3.10. The van der Waals surface area contributed by atoms with Crippen molar-refractivity contribution in [2.45, 2.75) is 19.8 Å². The van der Waals surface area contributed by atoms with E-state index in [0.29, 0.717) is 32.5 Å². The Kier molecular flexibility index (Phi) is 4.60. The summed E-state index contributed by atoms with van der Waals surface area (Å²) in [6, 6.07) is 6.29. The van der Waals surface area contributed by atoms with Crippen LogP contribution in [0.3, 0.4) is 0 Å². The van der Waals surface area contributed by atoms with E-state index in [0.717, 1.165) is 6.54 Å². The molecule has 1 aromatic carbocycles. The van der Waals surface area contributed by atoms with Crippen molar-refractivity contribution in [1.29, 1.82) is 0 Å². The number of likely N-dealkylation sites (tertiary alicyclic amines) is 1. The van der Waals surface area contributed by atoms with Crippen LogP contribution in [0.5, 0.6) is 5.75 Å². The van der Waals surface area contributed by atoms with E-state index in [-0.39, 0.29) is 11.6 Å². The van der Waals surface area contributed by atoms with Gasteiger partial charge in [0.15, 0.2) is 11.6 Å². The molecular formula is C15H20FNO3. The highest BCUT2D eigenvalue weighted by Crippen LogP contribution is 2.33. The first kappa shape index (κ1) is 14.8. The Hall–Kier alpha value is -1.62. The monoisotopic (exact) mass is 281 g/mol. The van der Waals surface area contributed by atoms with E-state index in [2.05, 4.69) is 4.90 Å². The zero-order valence-electron chi connectivity index (χ0n) is 11.6. The molecule has 0 aromatic heterocycles. The minimum absolute atomic E-state index is 0.242. The lowest BCUT2D eigenvalue weighted by Crippen LogP contribution is -2.35. The number of para-hydroxylation sites is 1. The maximum absolute atomic E-state index is 13.4. The highest BCUT2D eigenvalue weighted by Gasteiger charge is 2.42. The van der Waals surface area contributed by atoms with Gasteiger partial charge in [-0.15, -0.1) is 0 Å². The van der Waals surface area contributed by atoms with Gasteiger partial charge < -0.3 is 9.84 Å². The molecule has 0 bridgehead atoms. The summed E-state index contributed by atoms with van der Waals surface area (Å²) in [6.45, 7) is 4.18. The SMILES string of the molecule is CCC1(C(=O)O)CCN(CCOc2ccccc2F)C1. The van der Waals surface area contributed by atoms with Crippen LogP contribution >= 0.6 is 0 Å². The van der Waals surface area contributed by atoms with Gasteiger partial charge in [-0.1, -0.05) is 19.1 Å². The van der Waals surface area contributed by atoms with Gasteiger partial charge in [-0.25, -0.2) is 4.39 Å². The first-order valence-electron chi connectivity index (χ1n) is 6.90. The number of carbonyl (C=O) groups is 1. The van der Waals surface area contributed by atoms with Crippen molar-refractivity contribution in [3.63, 3.8) is 0 Å². The number of hydrogen-bond donors (Lipinski definition) is 1. The van der Waals surface area contributed by atoms with Crippen LogP contribution in [0, 0.1) is 11.2 Å². The molecule has 1 aliphatic heterocycles. The Morgan fingerprint density at radius 2 is 2.25 bits per heavy atom. The zero-order valence-corrected chi connectivity index (χ0v) is 11.6. The molecule has 0 saturated carbocycles. The second-order valence-corrected chi connectivity index (χ2v) is 5.24. The van der Waals surface area contributed by atoms with Crippen LogP contribution in [-0.2, 0) is 4.79 Å². The molecule has 0 spiro atoms. The Bertz CT molecular complexity index is 480. The van der Waals surface area contributed by atoms with E-state index in [4.69, 9.17) is 4.74 Å². The van der Waals surface area contributed by atoms with Crippen LogP contribution in [0.2, 0.25) is 0 Å². The van der Waals surface area contributed by atoms with Crippen LogP contribution in [0.25, 0.3) is 0 Å². The fraction of sp³-hybridized carbons (Fsp3) is 0.533. The summed E-state index contributed by atoms with van der Waals surface area (Å²) >= 11 is 0. The molecule has 0 radical (unpaired) electrons. The molecule has 1 aliphatic rings. The summed E-state index contributed by atoms with van der Waals surface area (Å²) in [5.74, 6) is -0.855. The molecule has 110 valence electrons. The van der Waals surface area contributed by atoms with Crippen LogP contribution in [0.4, 0.5) is 4.39 Å². The van der Waals surface area contributed by atoms with Gasteiger partial charge in [0.1, 0.15) is 6.61 Å². The Morgan fingerprint density at radius 1 is 1.50 bits per heavy atom. The van der Waals surface area contributed by atoms with Crippen molar-refractivity contribution in [2.24, 2.45) is 5.41 Å². The van der Waals surface area contributed by atoms with Crippen LogP contribution < -0.4 is 4.74 Å². The fourth-order valence-electron chi connectivity index (χ4n) is 2.61. The van der Waals surface area contributed by atoms with E-state index in [9.17, 15) is 14.3 Å². The maximum atomic E-state index is 13.4. The molecule has 5 heteroatoms. The summed E-state index contributed by atoms with van der Waals surface area (Å²) in [7, 11) is 0. The van der Waals surface area contributed by atoms with E-state index in [1.54, 1.807) is 18.2 Å². The predicted octanol–water partition coefficient (Wildman–Crippen LogP) is 2.39. The molecule has 1 unspecified atom stereocenters.